The summed E-state index contributed by atoms with van der Waals surface area (Å²) < 4.78 is 15.0. The predicted molar refractivity (Wildman–Crippen MR) is 111 cm³/mol. The number of carbonyl (C=O) groups excluding carboxylic acids is 1. The number of halogens is 1. The number of pyridine rings is 1. The highest BCUT2D eigenvalue weighted by Gasteiger charge is 2.41. The number of hydrogen-bond donors (Lipinski definition) is 2. The van der Waals surface area contributed by atoms with E-state index in [4.69, 9.17) is 0 Å². The first-order valence-corrected chi connectivity index (χ1v) is 9.48. The van der Waals surface area contributed by atoms with Crippen LogP contribution in [0.25, 0.3) is 16.3 Å². The molecule has 0 aliphatic carbocycles. The molecule has 1 aliphatic rings. The molecule has 1 aliphatic heterocycles. The molecular weight excluding hydrogens is 357 g/mol. The number of aromatic nitrogens is 1. The van der Waals surface area contributed by atoms with Crippen LogP contribution in [-0.4, -0.2) is 60.7 Å². The maximum Gasteiger partial charge on any atom is 0.263 e. The summed E-state index contributed by atoms with van der Waals surface area (Å²) in [7, 11) is 5.72. The van der Waals surface area contributed by atoms with E-state index in [9.17, 15) is 9.18 Å². The zero-order valence-electron chi connectivity index (χ0n) is 16.9. The first-order chi connectivity index (χ1) is 13.3. The van der Waals surface area contributed by atoms with Gasteiger partial charge in [0.1, 0.15) is 5.82 Å². The van der Waals surface area contributed by atoms with Gasteiger partial charge in [0.2, 0.25) is 0 Å². The second-order valence-electron chi connectivity index (χ2n) is 7.50. The molecule has 0 saturated carbocycles. The fourth-order valence-electron chi connectivity index (χ4n) is 3.31. The highest BCUT2D eigenvalue weighted by Crippen LogP contribution is 2.28. The number of likely N-dealkylation sites (tertiary alicyclic amines) is 1. The van der Waals surface area contributed by atoms with Crippen molar-refractivity contribution in [3.63, 3.8) is 0 Å². The SMILES string of the molecule is CNN(C)/C=C(\C)c1ccc2cnc(NC(=O)C3(F)CCN(C)CC3)cc2c1. The highest BCUT2D eigenvalue weighted by molar-refractivity contribution is 5.98. The van der Waals surface area contributed by atoms with Gasteiger partial charge in [-0.2, -0.15) is 0 Å². The Morgan fingerprint density at radius 2 is 2.00 bits per heavy atom. The van der Waals surface area contributed by atoms with E-state index in [1.807, 2.05) is 62.4 Å². The minimum Gasteiger partial charge on any atom is -0.319 e. The molecule has 0 bridgehead atoms. The summed E-state index contributed by atoms with van der Waals surface area (Å²) in [6.07, 6.45) is 4.11. The molecule has 1 aromatic carbocycles. The van der Waals surface area contributed by atoms with Crippen molar-refractivity contribution in [2.24, 2.45) is 0 Å². The Balaban J connectivity index is 1.81. The molecule has 150 valence electrons. The third-order valence-corrected chi connectivity index (χ3v) is 5.35. The number of nitrogens with zero attached hydrogens (tertiary/aromatic N) is 3. The van der Waals surface area contributed by atoms with Gasteiger partial charge in [0.25, 0.3) is 5.91 Å². The molecule has 0 spiro atoms. The Hall–Kier alpha value is -2.51. The van der Waals surface area contributed by atoms with Crippen molar-refractivity contribution < 1.29 is 9.18 Å². The van der Waals surface area contributed by atoms with Gasteiger partial charge < -0.3 is 15.2 Å². The summed E-state index contributed by atoms with van der Waals surface area (Å²) in [5, 5.41) is 6.45. The molecule has 1 fully saturated rings. The lowest BCUT2D eigenvalue weighted by atomic mass is 9.92. The fraction of sp³-hybridized carbons (Fsp3) is 0.429. The normalized spacial score (nSPS) is 17.5. The molecule has 6 nitrogen and oxygen atoms in total. The number of carbonyl (C=O) groups is 1. The van der Waals surface area contributed by atoms with Crippen molar-refractivity contribution in [3.8, 4) is 0 Å². The quantitative estimate of drug-likeness (QED) is 0.775. The summed E-state index contributed by atoms with van der Waals surface area (Å²) in [4.78, 5) is 18.8. The van der Waals surface area contributed by atoms with E-state index in [1.54, 1.807) is 12.3 Å². The monoisotopic (exact) mass is 385 g/mol. The third kappa shape index (κ3) is 4.48. The lowest BCUT2D eigenvalue weighted by molar-refractivity contribution is -0.130. The van der Waals surface area contributed by atoms with Crippen molar-refractivity contribution in [2.45, 2.75) is 25.4 Å². The van der Waals surface area contributed by atoms with E-state index >= 15 is 0 Å². The molecule has 0 atom stereocenters. The average molecular weight is 385 g/mol. The van der Waals surface area contributed by atoms with Gasteiger partial charge in [0, 0.05) is 57.8 Å². The van der Waals surface area contributed by atoms with Gasteiger partial charge in [0.05, 0.1) is 0 Å². The maximum atomic E-state index is 15.0. The number of hydrazine groups is 1. The number of hydrogen-bond acceptors (Lipinski definition) is 5. The van der Waals surface area contributed by atoms with E-state index in [0.717, 1.165) is 21.9 Å². The van der Waals surface area contributed by atoms with Crippen molar-refractivity contribution >= 4 is 28.1 Å². The molecule has 7 heteroatoms. The molecule has 3 rings (SSSR count). The number of benzene rings is 1. The number of anilines is 1. The third-order valence-electron chi connectivity index (χ3n) is 5.35. The second-order valence-corrected chi connectivity index (χ2v) is 7.50. The Morgan fingerprint density at radius 3 is 2.68 bits per heavy atom. The van der Waals surface area contributed by atoms with E-state index in [1.165, 1.54) is 0 Å². The molecule has 2 aromatic rings. The number of fused-ring (bicyclic) bond motifs is 1. The first-order valence-electron chi connectivity index (χ1n) is 9.48. The lowest BCUT2D eigenvalue weighted by Gasteiger charge is -2.33. The molecule has 1 saturated heterocycles. The molecule has 28 heavy (non-hydrogen) atoms. The average Bonchev–Trinajstić information content (AvgIpc) is 2.69. The molecule has 0 radical (unpaired) electrons. The number of allylic oxidation sites excluding steroid dienone is 1. The number of rotatable bonds is 5. The van der Waals surface area contributed by atoms with Crippen LogP contribution in [0.5, 0.6) is 0 Å². The van der Waals surface area contributed by atoms with Crippen molar-refractivity contribution in [2.75, 3.05) is 39.5 Å². The van der Waals surface area contributed by atoms with Gasteiger partial charge in [-0.05, 0) is 42.6 Å². The van der Waals surface area contributed by atoms with Crippen LogP contribution in [0.2, 0.25) is 0 Å². The van der Waals surface area contributed by atoms with Gasteiger partial charge in [-0.3, -0.25) is 4.79 Å². The fourth-order valence-corrected chi connectivity index (χ4v) is 3.31. The van der Waals surface area contributed by atoms with Crippen LogP contribution in [0, 0.1) is 0 Å². The van der Waals surface area contributed by atoms with Crippen molar-refractivity contribution in [3.05, 3.63) is 42.2 Å². The van der Waals surface area contributed by atoms with Crippen LogP contribution in [0.15, 0.2) is 36.7 Å². The highest BCUT2D eigenvalue weighted by atomic mass is 19.1. The van der Waals surface area contributed by atoms with Crippen LogP contribution < -0.4 is 10.7 Å². The predicted octanol–water partition coefficient (Wildman–Crippen LogP) is 3.03. The van der Waals surface area contributed by atoms with Gasteiger partial charge in [-0.25, -0.2) is 14.8 Å². The summed E-state index contributed by atoms with van der Waals surface area (Å²) >= 11 is 0. The summed E-state index contributed by atoms with van der Waals surface area (Å²) in [6, 6.07) is 7.87. The minimum atomic E-state index is -1.83. The van der Waals surface area contributed by atoms with Gasteiger partial charge >= 0.3 is 0 Å². The largest absolute Gasteiger partial charge is 0.319 e. The van der Waals surface area contributed by atoms with Crippen LogP contribution in [0.1, 0.15) is 25.3 Å². The zero-order chi connectivity index (χ0) is 20.3. The molecule has 0 unspecified atom stereocenters. The van der Waals surface area contributed by atoms with E-state index in [-0.39, 0.29) is 12.8 Å². The lowest BCUT2D eigenvalue weighted by Crippen LogP contribution is -2.47. The number of amides is 1. The molecular formula is C21H28FN5O. The van der Waals surface area contributed by atoms with Crippen molar-refractivity contribution in [1.29, 1.82) is 0 Å². The number of nitrogens with one attached hydrogen (secondary N) is 2. The smallest absolute Gasteiger partial charge is 0.263 e. The topological polar surface area (TPSA) is 60.5 Å². The van der Waals surface area contributed by atoms with Crippen LogP contribution >= 0.6 is 0 Å². The molecule has 2 heterocycles. The number of alkyl halides is 1. The summed E-state index contributed by atoms with van der Waals surface area (Å²) in [6.45, 7) is 3.18. The Morgan fingerprint density at radius 1 is 1.29 bits per heavy atom. The van der Waals surface area contributed by atoms with E-state index in [0.29, 0.717) is 18.9 Å². The van der Waals surface area contributed by atoms with Crippen molar-refractivity contribution in [1.82, 2.24) is 20.3 Å². The molecule has 2 N–H and O–H groups in total. The Kier molecular flexibility index (Phi) is 5.96. The second kappa shape index (κ2) is 8.24. The van der Waals surface area contributed by atoms with Gasteiger partial charge in [0.15, 0.2) is 5.67 Å². The zero-order valence-corrected chi connectivity index (χ0v) is 16.9. The molecule has 1 amide bonds. The van der Waals surface area contributed by atoms with Gasteiger partial charge in [-0.1, -0.05) is 12.1 Å². The summed E-state index contributed by atoms with van der Waals surface area (Å²) in [5.41, 5.74) is 3.36. The standard InChI is InChI=1S/C21H28FN5O/c1-15(14-27(4)23-2)16-5-6-17-13-24-19(12-18(17)11-16)25-20(28)21(22)7-9-26(3)10-8-21/h5-6,11-14,23H,7-10H2,1-4H3,(H,24,25,28)/b15-14+. The summed E-state index contributed by atoms with van der Waals surface area (Å²) in [5.74, 6) is -0.227. The maximum absolute atomic E-state index is 15.0. The Labute approximate surface area is 165 Å². The van der Waals surface area contributed by atoms with E-state index < -0.39 is 11.6 Å². The van der Waals surface area contributed by atoms with Gasteiger partial charge in [-0.15, -0.1) is 0 Å². The first kappa shape index (κ1) is 20.2. The Bertz CT molecular complexity index is 889. The van der Waals surface area contributed by atoms with Crippen LogP contribution in [0.4, 0.5) is 10.2 Å². The van der Waals surface area contributed by atoms with Crippen LogP contribution in [0.3, 0.4) is 0 Å². The van der Waals surface area contributed by atoms with E-state index in [2.05, 4.69) is 15.7 Å². The molecule has 1 aromatic heterocycles. The number of piperidine rings is 1. The van der Waals surface area contributed by atoms with Crippen LogP contribution in [-0.2, 0) is 4.79 Å². The minimum absolute atomic E-state index is 0.204.